The average molecular weight is 260 g/mol. The number of halogens is 1. The van der Waals surface area contributed by atoms with Gasteiger partial charge in [-0.25, -0.2) is 9.97 Å². The summed E-state index contributed by atoms with van der Waals surface area (Å²) in [6, 6.07) is 7.40. The zero-order valence-corrected chi connectivity index (χ0v) is 10.4. The summed E-state index contributed by atoms with van der Waals surface area (Å²) in [5, 5.41) is 11.6. The van der Waals surface area contributed by atoms with E-state index in [-0.39, 0.29) is 0 Å². The number of nitrogens with one attached hydrogen (secondary N) is 2. The van der Waals surface area contributed by atoms with Crippen LogP contribution in [-0.4, -0.2) is 20.2 Å². The molecule has 3 aromatic rings. The number of hydrogen-bond donors (Lipinski definition) is 2. The Morgan fingerprint density at radius 2 is 2.11 bits per heavy atom. The highest BCUT2D eigenvalue weighted by molar-refractivity contribution is 6.31. The molecule has 0 atom stereocenters. The van der Waals surface area contributed by atoms with Crippen molar-refractivity contribution in [3.8, 4) is 0 Å². The van der Waals surface area contributed by atoms with Crippen LogP contribution in [0.5, 0.6) is 0 Å². The van der Waals surface area contributed by atoms with E-state index in [0.29, 0.717) is 16.7 Å². The van der Waals surface area contributed by atoms with E-state index in [1.165, 1.54) is 6.33 Å². The molecule has 5 nitrogen and oxygen atoms in total. The van der Waals surface area contributed by atoms with E-state index in [1.54, 1.807) is 6.07 Å². The lowest BCUT2D eigenvalue weighted by Crippen LogP contribution is -1.96. The first kappa shape index (κ1) is 11.0. The molecular formula is C12H10ClN5. The fourth-order valence-corrected chi connectivity index (χ4v) is 1.90. The van der Waals surface area contributed by atoms with Gasteiger partial charge in [0.15, 0.2) is 5.82 Å². The van der Waals surface area contributed by atoms with Gasteiger partial charge in [0.1, 0.15) is 12.1 Å². The van der Waals surface area contributed by atoms with E-state index >= 15 is 0 Å². The zero-order chi connectivity index (χ0) is 12.5. The SMILES string of the molecule is Cc1cc(Nc2ncnc3ccc(Cl)cc23)n[nH]1. The Hall–Kier alpha value is -2.14. The normalized spacial score (nSPS) is 10.8. The number of aromatic amines is 1. The highest BCUT2D eigenvalue weighted by Crippen LogP contribution is 2.24. The average Bonchev–Trinajstić information content (AvgIpc) is 2.76. The van der Waals surface area contributed by atoms with Crippen LogP contribution in [0.3, 0.4) is 0 Å². The van der Waals surface area contributed by atoms with Crippen LogP contribution in [0.25, 0.3) is 10.9 Å². The Kier molecular flexibility index (Phi) is 2.60. The summed E-state index contributed by atoms with van der Waals surface area (Å²) in [5.41, 5.74) is 1.82. The van der Waals surface area contributed by atoms with Crippen LogP contribution < -0.4 is 5.32 Å². The number of nitrogens with zero attached hydrogens (tertiary/aromatic N) is 3. The molecule has 2 aromatic heterocycles. The molecule has 0 unspecified atom stereocenters. The van der Waals surface area contributed by atoms with Gasteiger partial charge in [0.05, 0.1) is 5.52 Å². The van der Waals surface area contributed by atoms with Crippen molar-refractivity contribution in [3.63, 3.8) is 0 Å². The fraction of sp³-hybridized carbons (Fsp3) is 0.0833. The largest absolute Gasteiger partial charge is 0.323 e. The number of hydrogen-bond acceptors (Lipinski definition) is 4. The van der Waals surface area contributed by atoms with Crippen LogP contribution in [0, 0.1) is 6.92 Å². The number of benzene rings is 1. The van der Waals surface area contributed by atoms with Crippen molar-refractivity contribution in [2.75, 3.05) is 5.32 Å². The summed E-state index contributed by atoms with van der Waals surface area (Å²) in [4.78, 5) is 8.41. The standard InChI is InChI=1S/C12H10ClN5/c1-7-4-11(18-17-7)16-12-9-5-8(13)2-3-10(9)14-6-15-12/h2-6H,1H3,(H2,14,15,16,17,18). The number of H-pyrrole nitrogens is 1. The minimum Gasteiger partial charge on any atom is -0.323 e. The molecule has 0 saturated carbocycles. The first-order valence-corrected chi connectivity index (χ1v) is 5.79. The summed E-state index contributed by atoms with van der Waals surface area (Å²) in [5.74, 6) is 1.40. The minimum absolute atomic E-state index is 0.651. The summed E-state index contributed by atoms with van der Waals surface area (Å²) in [6.45, 7) is 1.94. The highest BCUT2D eigenvalue weighted by atomic mass is 35.5. The van der Waals surface area contributed by atoms with Crippen LogP contribution in [0.15, 0.2) is 30.6 Å². The molecule has 0 aliphatic rings. The molecule has 18 heavy (non-hydrogen) atoms. The van der Waals surface area contributed by atoms with Gasteiger partial charge in [-0.3, -0.25) is 5.10 Å². The lowest BCUT2D eigenvalue weighted by atomic mass is 10.2. The van der Waals surface area contributed by atoms with Crippen LogP contribution in [0.4, 0.5) is 11.6 Å². The quantitative estimate of drug-likeness (QED) is 0.742. The van der Waals surface area contributed by atoms with Gasteiger partial charge in [-0.15, -0.1) is 0 Å². The molecule has 1 aromatic carbocycles. The lowest BCUT2D eigenvalue weighted by Gasteiger charge is -2.05. The van der Waals surface area contributed by atoms with Gasteiger partial charge >= 0.3 is 0 Å². The van der Waals surface area contributed by atoms with Gasteiger partial charge in [0.2, 0.25) is 0 Å². The van der Waals surface area contributed by atoms with Crippen molar-refractivity contribution >= 4 is 34.1 Å². The molecule has 0 saturated heterocycles. The second-order valence-corrected chi connectivity index (χ2v) is 4.38. The number of anilines is 2. The topological polar surface area (TPSA) is 66.5 Å². The van der Waals surface area contributed by atoms with Gasteiger partial charge in [-0.2, -0.15) is 5.10 Å². The summed E-state index contributed by atoms with van der Waals surface area (Å²) < 4.78 is 0. The zero-order valence-electron chi connectivity index (χ0n) is 9.61. The third-order valence-corrected chi connectivity index (χ3v) is 2.78. The van der Waals surface area contributed by atoms with Crippen molar-refractivity contribution in [1.82, 2.24) is 20.2 Å². The molecule has 0 bridgehead atoms. The van der Waals surface area contributed by atoms with Crippen molar-refractivity contribution in [3.05, 3.63) is 41.3 Å². The molecule has 6 heteroatoms. The first-order chi connectivity index (χ1) is 8.72. The van der Waals surface area contributed by atoms with E-state index < -0.39 is 0 Å². The number of aromatic nitrogens is 4. The lowest BCUT2D eigenvalue weighted by molar-refractivity contribution is 1.05. The van der Waals surface area contributed by atoms with E-state index in [9.17, 15) is 0 Å². The van der Waals surface area contributed by atoms with Gasteiger partial charge < -0.3 is 5.32 Å². The van der Waals surface area contributed by atoms with Crippen molar-refractivity contribution < 1.29 is 0 Å². The Morgan fingerprint density at radius 1 is 1.22 bits per heavy atom. The van der Waals surface area contributed by atoms with Crippen molar-refractivity contribution in [2.45, 2.75) is 6.92 Å². The fourth-order valence-electron chi connectivity index (χ4n) is 1.73. The van der Waals surface area contributed by atoms with Crippen molar-refractivity contribution in [1.29, 1.82) is 0 Å². The van der Waals surface area contributed by atoms with E-state index in [0.717, 1.165) is 16.6 Å². The molecule has 0 fully saturated rings. The second-order valence-electron chi connectivity index (χ2n) is 3.94. The molecule has 3 rings (SSSR count). The summed E-state index contributed by atoms with van der Waals surface area (Å²) >= 11 is 5.99. The molecule has 0 aliphatic carbocycles. The monoisotopic (exact) mass is 259 g/mol. The van der Waals surface area contributed by atoms with Gasteiger partial charge in [-0.1, -0.05) is 11.6 Å². The van der Waals surface area contributed by atoms with E-state index in [4.69, 9.17) is 11.6 Å². The van der Waals surface area contributed by atoms with Crippen LogP contribution in [0.2, 0.25) is 5.02 Å². The van der Waals surface area contributed by atoms with Gasteiger partial charge in [0.25, 0.3) is 0 Å². The third-order valence-electron chi connectivity index (χ3n) is 2.55. The van der Waals surface area contributed by atoms with E-state index in [1.807, 2.05) is 25.1 Å². The first-order valence-electron chi connectivity index (χ1n) is 5.42. The molecule has 0 spiro atoms. The van der Waals surface area contributed by atoms with Crippen molar-refractivity contribution in [2.24, 2.45) is 0 Å². The smallest absolute Gasteiger partial charge is 0.153 e. The Bertz CT molecular complexity index is 707. The Morgan fingerprint density at radius 3 is 2.89 bits per heavy atom. The Labute approximate surface area is 108 Å². The third kappa shape index (κ3) is 2.00. The number of rotatable bonds is 2. The number of fused-ring (bicyclic) bond motifs is 1. The van der Waals surface area contributed by atoms with Gasteiger partial charge in [0, 0.05) is 22.2 Å². The molecular weight excluding hydrogens is 250 g/mol. The van der Waals surface area contributed by atoms with E-state index in [2.05, 4.69) is 25.5 Å². The van der Waals surface area contributed by atoms with Crippen LogP contribution in [-0.2, 0) is 0 Å². The predicted octanol–water partition coefficient (Wildman–Crippen LogP) is 3.06. The number of aryl methyl sites for hydroxylation is 1. The predicted molar refractivity (Wildman–Crippen MR) is 71.2 cm³/mol. The minimum atomic E-state index is 0.651. The second kappa shape index (κ2) is 4.27. The summed E-state index contributed by atoms with van der Waals surface area (Å²) in [6.07, 6.45) is 1.51. The molecule has 2 heterocycles. The highest BCUT2D eigenvalue weighted by Gasteiger charge is 2.06. The maximum absolute atomic E-state index is 5.99. The Balaban J connectivity index is 2.08. The van der Waals surface area contributed by atoms with Gasteiger partial charge in [-0.05, 0) is 25.1 Å². The summed E-state index contributed by atoms with van der Waals surface area (Å²) in [7, 11) is 0. The molecule has 0 radical (unpaired) electrons. The van der Waals surface area contributed by atoms with Crippen LogP contribution in [0.1, 0.15) is 5.69 Å². The molecule has 0 aliphatic heterocycles. The maximum Gasteiger partial charge on any atom is 0.153 e. The molecule has 90 valence electrons. The van der Waals surface area contributed by atoms with Crippen LogP contribution >= 0.6 is 11.6 Å². The maximum atomic E-state index is 5.99. The molecule has 0 amide bonds. The molecule has 2 N–H and O–H groups in total.